The normalized spacial score (nSPS) is 21.8. The van der Waals surface area contributed by atoms with Gasteiger partial charge in [0.05, 0.1) is 0 Å². The predicted molar refractivity (Wildman–Crippen MR) is 81.4 cm³/mol. The largest absolute Gasteiger partial charge is 0.408 e. The lowest BCUT2D eigenvalue weighted by molar-refractivity contribution is -0.158. The maximum absolute atomic E-state index is 12.9. The summed E-state index contributed by atoms with van der Waals surface area (Å²) in [6, 6.07) is -2.88. The molecule has 1 aliphatic carbocycles. The molecule has 2 rings (SSSR count). The van der Waals surface area contributed by atoms with E-state index in [2.05, 4.69) is 10.0 Å². The fourth-order valence-electron chi connectivity index (χ4n) is 2.62. The number of carbonyl (C=O) groups is 1. The molecule has 1 saturated heterocycles. The van der Waals surface area contributed by atoms with E-state index in [9.17, 15) is 26.4 Å². The van der Waals surface area contributed by atoms with E-state index in [1.807, 2.05) is 0 Å². The van der Waals surface area contributed by atoms with E-state index in [-0.39, 0.29) is 32.2 Å². The lowest BCUT2D eigenvalue weighted by Crippen LogP contribution is -2.58. The smallest absolute Gasteiger partial charge is 0.326 e. The maximum atomic E-state index is 12.9. The number of amides is 2. The first-order valence-corrected chi connectivity index (χ1v) is 9.34. The third kappa shape index (κ3) is 4.96. The van der Waals surface area contributed by atoms with Crippen LogP contribution in [0.1, 0.15) is 26.7 Å². The first-order chi connectivity index (χ1) is 11.0. The van der Waals surface area contributed by atoms with Crippen LogP contribution in [0.15, 0.2) is 0 Å². The molecule has 11 heteroatoms. The van der Waals surface area contributed by atoms with Gasteiger partial charge in [-0.25, -0.2) is 4.79 Å². The number of alkyl halides is 3. The molecule has 2 N–H and O–H groups in total. The van der Waals surface area contributed by atoms with Crippen molar-refractivity contribution in [3.8, 4) is 0 Å². The fraction of sp³-hybridized carbons (Fsp3) is 0.923. The number of nitrogens with zero attached hydrogens (tertiary/aromatic N) is 2. The second-order valence-corrected chi connectivity index (χ2v) is 8.17. The van der Waals surface area contributed by atoms with Gasteiger partial charge in [0.2, 0.25) is 0 Å². The minimum absolute atomic E-state index is 0.0512. The van der Waals surface area contributed by atoms with Gasteiger partial charge in [0.1, 0.15) is 6.04 Å². The van der Waals surface area contributed by atoms with Crippen molar-refractivity contribution in [3.63, 3.8) is 0 Å². The highest BCUT2D eigenvalue weighted by Crippen LogP contribution is 2.40. The Morgan fingerprint density at radius 1 is 1.12 bits per heavy atom. The number of hydrogen-bond donors (Lipinski definition) is 2. The van der Waals surface area contributed by atoms with Crippen molar-refractivity contribution < 1.29 is 26.4 Å². The Kier molecular flexibility index (Phi) is 5.65. The van der Waals surface area contributed by atoms with Crippen LogP contribution in [0.5, 0.6) is 0 Å². The summed E-state index contributed by atoms with van der Waals surface area (Å²) in [5.41, 5.74) is 0. The average Bonchev–Trinajstić information content (AvgIpc) is 3.26. The summed E-state index contributed by atoms with van der Waals surface area (Å²) in [5.74, 6) is -0.550. The van der Waals surface area contributed by atoms with Crippen LogP contribution in [0.4, 0.5) is 18.0 Å². The molecule has 1 aliphatic heterocycles. The van der Waals surface area contributed by atoms with Gasteiger partial charge in [-0.3, -0.25) is 0 Å². The molecule has 0 bridgehead atoms. The van der Waals surface area contributed by atoms with Gasteiger partial charge in [-0.05, 0) is 32.6 Å². The van der Waals surface area contributed by atoms with E-state index in [0.717, 1.165) is 0 Å². The number of nitrogens with one attached hydrogen (secondary N) is 2. The predicted octanol–water partition coefficient (Wildman–Crippen LogP) is 0.897. The molecule has 140 valence electrons. The van der Waals surface area contributed by atoms with Gasteiger partial charge < -0.3 is 10.2 Å². The van der Waals surface area contributed by atoms with E-state index in [0.29, 0.717) is 12.8 Å². The molecule has 0 radical (unpaired) electrons. The number of piperazine rings is 1. The topological polar surface area (TPSA) is 81.8 Å². The van der Waals surface area contributed by atoms with Crippen LogP contribution in [-0.4, -0.2) is 68.1 Å². The third-order valence-electron chi connectivity index (χ3n) is 3.98. The standard InChI is InChI=1S/C13H23F3N4O3S/c1-9(2)18-24(22,23)20-7-5-19(6-8-20)12(21)17-11(10-3-4-10)13(14,15)16/h9-11,18H,3-8H2,1-2H3,(H,17,21)/t11-/m0/s1. The van der Waals surface area contributed by atoms with Crippen LogP contribution in [0.2, 0.25) is 0 Å². The summed E-state index contributed by atoms with van der Waals surface area (Å²) in [6.45, 7) is 3.60. The lowest BCUT2D eigenvalue weighted by atomic mass is 10.2. The summed E-state index contributed by atoms with van der Waals surface area (Å²) in [5, 5.41) is 2.05. The monoisotopic (exact) mass is 372 g/mol. The molecule has 0 unspecified atom stereocenters. The highest BCUT2D eigenvalue weighted by atomic mass is 32.2. The van der Waals surface area contributed by atoms with Crippen molar-refractivity contribution in [3.05, 3.63) is 0 Å². The van der Waals surface area contributed by atoms with E-state index in [1.54, 1.807) is 13.8 Å². The van der Waals surface area contributed by atoms with Crippen molar-refractivity contribution in [2.75, 3.05) is 26.2 Å². The first kappa shape index (κ1) is 19.3. The lowest BCUT2D eigenvalue weighted by Gasteiger charge is -2.35. The highest BCUT2D eigenvalue weighted by Gasteiger charge is 2.50. The minimum Gasteiger partial charge on any atom is -0.326 e. The van der Waals surface area contributed by atoms with Crippen LogP contribution in [0.25, 0.3) is 0 Å². The molecule has 1 heterocycles. The summed E-state index contributed by atoms with van der Waals surface area (Å²) >= 11 is 0. The van der Waals surface area contributed by atoms with E-state index < -0.39 is 34.4 Å². The van der Waals surface area contributed by atoms with Gasteiger partial charge in [-0.2, -0.15) is 30.6 Å². The molecule has 0 aromatic carbocycles. The molecule has 2 fully saturated rings. The van der Waals surface area contributed by atoms with Crippen molar-refractivity contribution in [2.24, 2.45) is 5.92 Å². The Labute approximate surface area is 139 Å². The molecule has 2 aliphatic rings. The Morgan fingerprint density at radius 3 is 2.08 bits per heavy atom. The van der Waals surface area contributed by atoms with E-state index in [1.165, 1.54) is 9.21 Å². The zero-order valence-corrected chi connectivity index (χ0v) is 14.5. The summed E-state index contributed by atoms with van der Waals surface area (Å²) in [4.78, 5) is 13.3. The number of hydrogen-bond acceptors (Lipinski definition) is 3. The van der Waals surface area contributed by atoms with Gasteiger partial charge in [-0.1, -0.05) is 0 Å². The van der Waals surface area contributed by atoms with Gasteiger partial charge in [0.25, 0.3) is 10.2 Å². The van der Waals surface area contributed by atoms with Gasteiger partial charge >= 0.3 is 12.2 Å². The molecular formula is C13H23F3N4O3S. The fourth-order valence-corrected chi connectivity index (χ4v) is 4.01. The zero-order chi connectivity index (χ0) is 18.1. The molecule has 2 amide bonds. The number of rotatable bonds is 5. The van der Waals surface area contributed by atoms with Crippen molar-refractivity contribution >= 4 is 16.2 Å². The van der Waals surface area contributed by atoms with Crippen molar-refractivity contribution in [2.45, 2.75) is 44.9 Å². The molecule has 0 spiro atoms. The SMILES string of the molecule is CC(C)NS(=O)(=O)N1CCN(C(=O)N[C@@H](C2CC2)C(F)(F)F)CC1. The first-order valence-electron chi connectivity index (χ1n) is 7.90. The van der Waals surface area contributed by atoms with Gasteiger partial charge in [0, 0.05) is 32.2 Å². The Bertz CT molecular complexity index is 555. The number of urea groups is 1. The molecule has 1 atom stereocenters. The molecule has 7 nitrogen and oxygen atoms in total. The van der Waals surface area contributed by atoms with Crippen molar-refractivity contribution in [1.29, 1.82) is 0 Å². The second-order valence-electron chi connectivity index (χ2n) is 6.47. The summed E-state index contributed by atoms with van der Waals surface area (Å²) in [7, 11) is -3.64. The van der Waals surface area contributed by atoms with Crippen LogP contribution in [0.3, 0.4) is 0 Å². The quantitative estimate of drug-likeness (QED) is 0.752. The Morgan fingerprint density at radius 2 is 1.67 bits per heavy atom. The third-order valence-corrected chi connectivity index (χ3v) is 5.79. The maximum Gasteiger partial charge on any atom is 0.408 e. The molecule has 1 saturated carbocycles. The number of carbonyl (C=O) groups excluding carboxylic acids is 1. The Hall–Kier alpha value is -1.07. The van der Waals surface area contributed by atoms with Crippen LogP contribution >= 0.6 is 0 Å². The Balaban J connectivity index is 1.88. The molecule has 24 heavy (non-hydrogen) atoms. The highest BCUT2D eigenvalue weighted by molar-refractivity contribution is 7.87. The molecule has 0 aromatic heterocycles. The average molecular weight is 372 g/mol. The zero-order valence-electron chi connectivity index (χ0n) is 13.6. The van der Waals surface area contributed by atoms with Gasteiger partial charge in [0.15, 0.2) is 0 Å². The minimum atomic E-state index is -4.47. The molecular weight excluding hydrogens is 349 g/mol. The van der Waals surface area contributed by atoms with Crippen LogP contribution in [-0.2, 0) is 10.2 Å². The van der Waals surface area contributed by atoms with Crippen LogP contribution < -0.4 is 10.0 Å². The van der Waals surface area contributed by atoms with E-state index in [4.69, 9.17) is 0 Å². The van der Waals surface area contributed by atoms with Crippen molar-refractivity contribution in [1.82, 2.24) is 19.2 Å². The molecule has 0 aromatic rings. The summed E-state index contributed by atoms with van der Waals surface area (Å²) < 4.78 is 66.5. The van der Waals surface area contributed by atoms with Crippen LogP contribution in [0, 0.1) is 5.92 Å². The van der Waals surface area contributed by atoms with Gasteiger partial charge in [-0.15, -0.1) is 0 Å². The second kappa shape index (κ2) is 7.04. The summed E-state index contributed by atoms with van der Waals surface area (Å²) in [6.07, 6.45) is -3.56. The van der Waals surface area contributed by atoms with E-state index >= 15 is 0 Å². The number of halogens is 3.